The van der Waals surface area contributed by atoms with Gasteiger partial charge in [-0.3, -0.25) is 14.7 Å². The molecule has 5 heteroatoms. The summed E-state index contributed by atoms with van der Waals surface area (Å²) in [5.74, 6) is -0.183. The molecule has 19 heavy (non-hydrogen) atoms. The van der Waals surface area contributed by atoms with Crippen molar-refractivity contribution >= 4 is 5.97 Å². The van der Waals surface area contributed by atoms with Gasteiger partial charge >= 0.3 is 5.97 Å². The Bertz CT molecular complexity index is 368. The van der Waals surface area contributed by atoms with E-state index in [9.17, 15) is 4.79 Å². The number of aromatic nitrogens is 1. The number of pyridine rings is 1. The van der Waals surface area contributed by atoms with Gasteiger partial charge in [-0.2, -0.15) is 0 Å². The SMILES string of the molecule is CCOC(=O)CN(CCN(C)C)Cc1ccccn1. The maximum absolute atomic E-state index is 11.6. The van der Waals surface area contributed by atoms with E-state index >= 15 is 0 Å². The highest BCUT2D eigenvalue weighted by molar-refractivity contribution is 5.71. The number of hydrogen-bond donors (Lipinski definition) is 0. The van der Waals surface area contributed by atoms with Crippen molar-refractivity contribution in [3.63, 3.8) is 0 Å². The Morgan fingerprint density at radius 2 is 2.11 bits per heavy atom. The predicted molar refractivity (Wildman–Crippen MR) is 74.7 cm³/mol. The summed E-state index contributed by atoms with van der Waals surface area (Å²) < 4.78 is 5.00. The molecule has 0 amide bonds. The van der Waals surface area contributed by atoms with Crippen LogP contribution in [-0.2, 0) is 16.1 Å². The zero-order chi connectivity index (χ0) is 14.1. The number of rotatable bonds is 8. The van der Waals surface area contributed by atoms with Crippen LogP contribution >= 0.6 is 0 Å². The second-order valence-electron chi connectivity index (χ2n) is 4.64. The first-order valence-electron chi connectivity index (χ1n) is 6.54. The highest BCUT2D eigenvalue weighted by Crippen LogP contribution is 2.01. The van der Waals surface area contributed by atoms with Crippen LogP contribution in [0.15, 0.2) is 24.4 Å². The van der Waals surface area contributed by atoms with Crippen molar-refractivity contribution in [2.75, 3.05) is 40.3 Å². The fraction of sp³-hybridized carbons (Fsp3) is 0.571. The van der Waals surface area contributed by atoms with Gasteiger partial charge in [0.1, 0.15) is 0 Å². The van der Waals surface area contributed by atoms with Crippen molar-refractivity contribution in [1.82, 2.24) is 14.8 Å². The monoisotopic (exact) mass is 265 g/mol. The maximum atomic E-state index is 11.6. The smallest absolute Gasteiger partial charge is 0.320 e. The van der Waals surface area contributed by atoms with Crippen molar-refractivity contribution in [2.24, 2.45) is 0 Å². The molecule has 0 aromatic carbocycles. The molecule has 106 valence electrons. The van der Waals surface area contributed by atoms with Crippen LogP contribution < -0.4 is 0 Å². The van der Waals surface area contributed by atoms with Crippen molar-refractivity contribution in [2.45, 2.75) is 13.5 Å². The summed E-state index contributed by atoms with van der Waals surface area (Å²) in [5.41, 5.74) is 0.963. The standard InChI is InChI=1S/C14H23N3O2/c1-4-19-14(18)12-17(10-9-16(2)3)11-13-7-5-6-8-15-13/h5-8H,4,9-12H2,1-3H3. The summed E-state index contributed by atoms with van der Waals surface area (Å²) in [6.45, 7) is 4.91. The molecule has 0 saturated carbocycles. The summed E-state index contributed by atoms with van der Waals surface area (Å²) in [4.78, 5) is 20.0. The van der Waals surface area contributed by atoms with E-state index in [0.717, 1.165) is 18.8 Å². The molecule has 0 atom stereocenters. The lowest BCUT2D eigenvalue weighted by Gasteiger charge is -2.22. The van der Waals surface area contributed by atoms with Crippen molar-refractivity contribution in [3.8, 4) is 0 Å². The molecule has 0 saturated heterocycles. The van der Waals surface area contributed by atoms with Crippen LogP contribution in [0.1, 0.15) is 12.6 Å². The largest absolute Gasteiger partial charge is 0.465 e. The molecular formula is C14H23N3O2. The van der Waals surface area contributed by atoms with Gasteiger partial charge in [0.15, 0.2) is 0 Å². The van der Waals surface area contributed by atoms with Gasteiger partial charge in [0.25, 0.3) is 0 Å². The molecule has 1 aromatic heterocycles. The average Bonchev–Trinajstić information content (AvgIpc) is 2.37. The minimum Gasteiger partial charge on any atom is -0.465 e. The topological polar surface area (TPSA) is 45.7 Å². The third kappa shape index (κ3) is 6.88. The Kier molecular flexibility index (Phi) is 7.07. The van der Waals surface area contributed by atoms with Gasteiger partial charge in [0, 0.05) is 25.8 Å². The first kappa shape index (κ1) is 15.6. The predicted octanol–water partition coefficient (Wildman–Crippen LogP) is 1.01. The highest BCUT2D eigenvalue weighted by Gasteiger charge is 2.12. The first-order valence-corrected chi connectivity index (χ1v) is 6.54. The van der Waals surface area contributed by atoms with E-state index in [1.807, 2.05) is 39.2 Å². The minimum atomic E-state index is -0.183. The molecule has 0 aliphatic rings. The molecule has 1 rings (SSSR count). The van der Waals surface area contributed by atoms with Crippen molar-refractivity contribution in [1.29, 1.82) is 0 Å². The third-order valence-corrected chi connectivity index (χ3v) is 2.63. The normalized spacial score (nSPS) is 11.0. The number of nitrogens with zero attached hydrogens (tertiary/aromatic N) is 3. The van der Waals surface area contributed by atoms with Crippen LogP contribution in [0.4, 0.5) is 0 Å². The molecule has 5 nitrogen and oxygen atoms in total. The van der Waals surface area contributed by atoms with E-state index in [4.69, 9.17) is 4.74 Å². The Morgan fingerprint density at radius 1 is 1.32 bits per heavy atom. The molecule has 1 heterocycles. The molecule has 0 N–H and O–H groups in total. The zero-order valence-electron chi connectivity index (χ0n) is 12.0. The summed E-state index contributed by atoms with van der Waals surface area (Å²) in [6.07, 6.45) is 1.77. The fourth-order valence-electron chi connectivity index (χ4n) is 1.67. The van der Waals surface area contributed by atoms with E-state index in [1.54, 1.807) is 6.20 Å². The first-order chi connectivity index (χ1) is 9.11. The molecule has 0 aliphatic carbocycles. The summed E-state index contributed by atoms with van der Waals surface area (Å²) in [5, 5.41) is 0. The molecule has 1 aromatic rings. The molecule has 0 unspecified atom stereocenters. The minimum absolute atomic E-state index is 0.183. The van der Waals surface area contributed by atoms with Crippen molar-refractivity contribution in [3.05, 3.63) is 30.1 Å². The number of ether oxygens (including phenoxy) is 1. The van der Waals surface area contributed by atoms with Crippen LogP contribution in [-0.4, -0.2) is 61.1 Å². The second kappa shape index (κ2) is 8.61. The highest BCUT2D eigenvalue weighted by atomic mass is 16.5. The molecule has 0 bridgehead atoms. The number of carbonyl (C=O) groups excluding carboxylic acids is 1. The van der Waals surface area contributed by atoms with Gasteiger partial charge in [-0.1, -0.05) is 6.07 Å². The van der Waals surface area contributed by atoms with Crippen molar-refractivity contribution < 1.29 is 9.53 Å². The Hall–Kier alpha value is -1.46. The summed E-state index contributed by atoms with van der Waals surface area (Å²) in [6, 6.07) is 5.81. The summed E-state index contributed by atoms with van der Waals surface area (Å²) >= 11 is 0. The zero-order valence-corrected chi connectivity index (χ0v) is 12.0. The Morgan fingerprint density at radius 3 is 2.68 bits per heavy atom. The lowest BCUT2D eigenvalue weighted by molar-refractivity contribution is -0.144. The van der Waals surface area contributed by atoms with Crippen LogP contribution in [0.25, 0.3) is 0 Å². The molecular weight excluding hydrogens is 242 g/mol. The number of likely N-dealkylation sites (N-methyl/N-ethyl adjacent to an activating group) is 1. The number of carbonyl (C=O) groups is 1. The fourth-order valence-corrected chi connectivity index (χ4v) is 1.67. The quantitative estimate of drug-likeness (QED) is 0.656. The lowest BCUT2D eigenvalue weighted by atomic mass is 10.3. The van der Waals surface area contributed by atoms with Crippen LogP contribution in [0.5, 0.6) is 0 Å². The number of esters is 1. The third-order valence-electron chi connectivity index (χ3n) is 2.63. The lowest BCUT2D eigenvalue weighted by Crippen LogP contribution is -2.36. The van der Waals surface area contributed by atoms with E-state index in [-0.39, 0.29) is 5.97 Å². The molecule has 0 aliphatic heterocycles. The van der Waals surface area contributed by atoms with Gasteiger partial charge in [0.2, 0.25) is 0 Å². The average molecular weight is 265 g/mol. The Labute approximate surface area is 115 Å². The van der Waals surface area contributed by atoms with E-state index in [1.165, 1.54) is 0 Å². The van der Waals surface area contributed by atoms with Gasteiger partial charge in [-0.15, -0.1) is 0 Å². The maximum Gasteiger partial charge on any atom is 0.320 e. The molecule has 0 spiro atoms. The second-order valence-corrected chi connectivity index (χ2v) is 4.64. The molecule has 0 radical (unpaired) electrons. The summed E-state index contributed by atoms with van der Waals surface area (Å²) in [7, 11) is 4.03. The van der Waals surface area contributed by atoms with Gasteiger partial charge in [-0.25, -0.2) is 0 Å². The number of hydrogen-bond acceptors (Lipinski definition) is 5. The van der Waals surface area contributed by atoms with Crippen LogP contribution in [0.3, 0.4) is 0 Å². The van der Waals surface area contributed by atoms with Gasteiger partial charge in [-0.05, 0) is 33.2 Å². The van der Waals surface area contributed by atoms with E-state index < -0.39 is 0 Å². The van der Waals surface area contributed by atoms with Crippen LogP contribution in [0.2, 0.25) is 0 Å². The van der Waals surface area contributed by atoms with Gasteiger partial charge in [0.05, 0.1) is 18.8 Å². The van der Waals surface area contributed by atoms with Crippen LogP contribution in [0, 0.1) is 0 Å². The Balaban J connectivity index is 2.55. The molecule has 0 fully saturated rings. The van der Waals surface area contributed by atoms with E-state index in [2.05, 4.69) is 14.8 Å². The van der Waals surface area contributed by atoms with Gasteiger partial charge < -0.3 is 9.64 Å². The van der Waals surface area contributed by atoms with E-state index in [0.29, 0.717) is 19.7 Å².